The summed E-state index contributed by atoms with van der Waals surface area (Å²) in [6.07, 6.45) is 2.67. The van der Waals surface area contributed by atoms with Gasteiger partial charge in [-0.05, 0) is 32.6 Å². The second kappa shape index (κ2) is 6.22. The lowest BCUT2D eigenvalue weighted by Gasteiger charge is -2.37. The molecule has 11 heteroatoms. The van der Waals surface area contributed by atoms with Crippen molar-refractivity contribution in [3.8, 4) is 0 Å². The van der Waals surface area contributed by atoms with Crippen LogP contribution in [0, 0.1) is 0 Å². The van der Waals surface area contributed by atoms with Gasteiger partial charge in [-0.3, -0.25) is 4.57 Å². The highest BCUT2D eigenvalue weighted by atomic mass is 32.5. The quantitative estimate of drug-likeness (QED) is 0.795. The van der Waals surface area contributed by atoms with Gasteiger partial charge in [0.1, 0.15) is 30.3 Å². The van der Waals surface area contributed by atoms with Crippen LogP contribution >= 0.6 is 6.72 Å². The maximum atomic E-state index is 6.16. The molecule has 2 aliphatic heterocycles. The average molecular weight is 385 g/mol. The molecule has 0 spiro atoms. The third-order valence-corrected chi connectivity index (χ3v) is 6.75. The predicted octanol–water partition coefficient (Wildman–Crippen LogP) is 2.15. The number of aromatic nitrogens is 4. The van der Waals surface area contributed by atoms with Crippen molar-refractivity contribution < 1.29 is 18.3 Å². The number of nitrogens with two attached hydrogens (primary N) is 1. The molecular weight excluding hydrogens is 365 g/mol. The van der Waals surface area contributed by atoms with Gasteiger partial charge in [-0.25, -0.2) is 15.0 Å². The van der Waals surface area contributed by atoms with E-state index in [1.165, 1.54) is 6.33 Å². The fourth-order valence-corrected chi connectivity index (χ4v) is 6.18. The van der Waals surface area contributed by atoms with Crippen LogP contribution in [0.2, 0.25) is 0 Å². The monoisotopic (exact) mass is 385 g/mol. The van der Waals surface area contributed by atoms with Gasteiger partial charge in [0.15, 0.2) is 11.5 Å². The van der Waals surface area contributed by atoms with Crippen LogP contribution in [0.3, 0.4) is 0 Å². The molecule has 2 saturated heterocycles. The van der Waals surface area contributed by atoms with Gasteiger partial charge >= 0.3 is 6.72 Å². The number of ether oxygens (including phenoxy) is 1. The summed E-state index contributed by atoms with van der Waals surface area (Å²) in [5.41, 5.74) is 7.03. The Morgan fingerprint density at radius 1 is 1.36 bits per heavy atom. The Hall–Kier alpha value is -1.16. The summed E-state index contributed by atoms with van der Waals surface area (Å²) < 4.78 is 25.6. The number of imidazole rings is 1. The van der Waals surface area contributed by atoms with Crippen LogP contribution in [0.4, 0.5) is 5.82 Å². The first-order valence-electron chi connectivity index (χ1n) is 8.10. The molecule has 4 rings (SSSR count). The van der Waals surface area contributed by atoms with E-state index in [0.29, 0.717) is 23.4 Å². The molecule has 0 aliphatic carbocycles. The van der Waals surface area contributed by atoms with E-state index in [1.54, 1.807) is 6.33 Å². The molecule has 2 unspecified atom stereocenters. The average Bonchev–Trinajstić information content (AvgIpc) is 3.10. The molecule has 0 amide bonds. The standard InChI is InChI=1S/C14H20N5O4PS/c1-7(2)21-24(25)22-8(3)12-9(23-24)4-10(20-12)19-6-18-11-13(15)16-5-17-14(11)19/h5-10,12H,4H2,1-3H3,(H2,15,16,17)/t8-,9-,10+,12?,24?/m0/s1. The SMILES string of the molecule is CC(C)OP1(=S)O[C@@H](C)C2O[C@@H](n3cnc4c(N)ncnc43)C[C@@H]2O1. The first kappa shape index (κ1) is 17.3. The lowest BCUT2D eigenvalue weighted by molar-refractivity contribution is -0.0956. The molecule has 0 radical (unpaired) electrons. The molecule has 9 nitrogen and oxygen atoms in total. The van der Waals surface area contributed by atoms with Crippen molar-refractivity contribution in [3.63, 3.8) is 0 Å². The van der Waals surface area contributed by atoms with Crippen LogP contribution in [0.25, 0.3) is 11.2 Å². The van der Waals surface area contributed by atoms with Crippen LogP contribution in [0.1, 0.15) is 33.4 Å². The molecule has 25 heavy (non-hydrogen) atoms. The van der Waals surface area contributed by atoms with E-state index in [0.717, 1.165) is 0 Å². The zero-order chi connectivity index (χ0) is 17.8. The van der Waals surface area contributed by atoms with E-state index < -0.39 is 6.72 Å². The second-order valence-electron chi connectivity index (χ2n) is 6.43. The van der Waals surface area contributed by atoms with Gasteiger partial charge in [-0.1, -0.05) is 0 Å². The number of nitrogen functional groups attached to an aromatic ring is 1. The largest absolute Gasteiger partial charge is 0.382 e. The highest BCUT2D eigenvalue weighted by Crippen LogP contribution is 2.59. The van der Waals surface area contributed by atoms with E-state index in [1.807, 2.05) is 25.3 Å². The van der Waals surface area contributed by atoms with Crippen molar-refractivity contribution in [2.45, 2.75) is 57.8 Å². The number of fused-ring (bicyclic) bond motifs is 2. The van der Waals surface area contributed by atoms with E-state index in [2.05, 4.69) is 15.0 Å². The van der Waals surface area contributed by atoms with Crippen molar-refractivity contribution >= 4 is 35.5 Å². The van der Waals surface area contributed by atoms with E-state index in [9.17, 15) is 0 Å². The number of nitrogens with zero attached hydrogens (tertiary/aromatic N) is 4. The number of hydrogen-bond donors (Lipinski definition) is 1. The Morgan fingerprint density at radius 2 is 2.16 bits per heavy atom. The van der Waals surface area contributed by atoms with Crippen molar-refractivity contribution in [2.24, 2.45) is 0 Å². The third-order valence-electron chi connectivity index (χ3n) is 4.17. The zero-order valence-electron chi connectivity index (χ0n) is 14.1. The lowest BCUT2D eigenvalue weighted by Crippen LogP contribution is -2.40. The van der Waals surface area contributed by atoms with Gasteiger partial charge in [0.2, 0.25) is 0 Å². The van der Waals surface area contributed by atoms with Crippen molar-refractivity contribution in [2.75, 3.05) is 5.73 Å². The third kappa shape index (κ3) is 3.07. The van der Waals surface area contributed by atoms with E-state index in [4.69, 9.17) is 35.8 Å². The summed E-state index contributed by atoms with van der Waals surface area (Å²) >= 11 is 5.50. The molecule has 0 saturated carbocycles. The summed E-state index contributed by atoms with van der Waals surface area (Å²) in [7, 11) is 0. The normalized spacial score (nSPS) is 35.4. The van der Waals surface area contributed by atoms with Crippen molar-refractivity contribution in [1.82, 2.24) is 19.5 Å². The second-order valence-corrected chi connectivity index (χ2v) is 9.30. The Bertz CT molecular complexity index is 846. The molecule has 0 bridgehead atoms. The minimum Gasteiger partial charge on any atom is -0.382 e. The van der Waals surface area contributed by atoms with Gasteiger partial charge in [0, 0.05) is 6.42 Å². The van der Waals surface area contributed by atoms with Crippen LogP contribution in [-0.4, -0.2) is 43.9 Å². The van der Waals surface area contributed by atoms with Crippen LogP contribution < -0.4 is 5.73 Å². The molecule has 2 aliphatic rings. The molecule has 2 fully saturated rings. The Morgan fingerprint density at radius 3 is 2.92 bits per heavy atom. The van der Waals surface area contributed by atoms with E-state index in [-0.39, 0.29) is 30.6 Å². The topological polar surface area (TPSA) is 107 Å². The minimum absolute atomic E-state index is 0.0648. The fraction of sp³-hybridized carbons (Fsp3) is 0.643. The van der Waals surface area contributed by atoms with Crippen molar-refractivity contribution in [3.05, 3.63) is 12.7 Å². The molecule has 4 heterocycles. The first-order chi connectivity index (χ1) is 11.9. The molecule has 0 aromatic carbocycles. The highest BCUT2D eigenvalue weighted by molar-refractivity contribution is 8.07. The minimum atomic E-state index is -2.77. The molecule has 2 aromatic rings. The zero-order valence-corrected chi connectivity index (χ0v) is 15.8. The van der Waals surface area contributed by atoms with Crippen LogP contribution in [0.15, 0.2) is 12.7 Å². The molecule has 136 valence electrons. The molecule has 2 N–H and O–H groups in total. The van der Waals surface area contributed by atoms with Crippen LogP contribution in [-0.2, 0) is 30.1 Å². The Balaban J connectivity index is 1.60. The summed E-state index contributed by atoms with van der Waals surface area (Å²) in [5.74, 6) is 0.341. The summed E-state index contributed by atoms with van der Waals surface area (Å²) in [4.78, 5) is 12.5. The predicted molar refractivity (Wildman–Crippen MR) is 94.2 cm³/mol. The molecular formula is C14H20N5O4PS. The van der Waals surface area contributed by atoms with E-state index >= 15 is 0 Å². The van der Waals surface area contributed by atoms with Gasteiger partial charge in [-0.15, -0.1) is 0 Å². The number of hydrogen-bond acceptors (Lipinski definition) is 9. The van der Waals surface area contributed by atoms with Gasteiger partial charge in [0.05, 0.1) is 18.5 Å². The van der Waals surface area contributed by atoms with Gasteiger partial charge in [0.25, 0.3) is 0 Å². The molecule has 2 aromatic heterocycles. The van der Waals surface area contributed by atoms with Crippen LogP contribution in [0.5, 0.6) is 0 Å². The number of anilines is 1. The summed E-state index contributed by atoms with van der Waals surface area (Å²) in [6.45, 7) is 2.98. The first-order valence-corrected chi connectivity index (χ1v) is 10.7. The lowest BCUT2D eigenvalue weighted by atomic mass is 10.1. The Labute approximate surface area is 150 Å². The summed E-state index contributed by atoms with van der Waals surface area (Å²) in [6, 6.07) is 0. The van der Waals surface area contributed by atoms with Crippen molar-refractivity contribution in [1.29, 1.82) is 0 Å². The van der Waals surface area contributed by atoms with Gasteiger partial charge in [-0.2, -0.15) is 0 Å². The summed E-state index contributed by atoms with van der Waals surface area (Å²) in [5, 5.41) is 0. The Kier molecular flexibility index (Phi) is 4.30. The molecule has 5 atom stereocenters. The maximum absolute atomic E-state index is 6.16. The highest BCUT2D eigenvalue weighted by Gasteiger charge is 2.49. The maximum Gasteiger partial charge on any atom is 0.328 e. The smallest absolute Gasteiger partial charge is 0.328 e. The van der Waals surface area contributed by atoms with Gasteiger partial charge < -0.3 is 24.0 Å². The fourth-order valence-electron chi connectivity index (χ4n) is 3.20. The number of rotatable bonds is 3.